The van der Waals surface area contributed by atoms with Gasteiger partial charge in [0.2, 0.25) is 0 Å². The first kappa shape index (κ1) is 10.5. The molecule has 72 valence electrons. The first-order valence-electron chi connectivity index (χ1n) is 3.71. The zero-order chi connectivity index (χ0) is 10.6. The molecule has 0 aliphatic heterocycles. The average molecular weight is 255 g/mol. The minimum absolute atomic E-state index is 0.202. The van der Waals surface area contributed by atoms with E-state index in [1.54, 1.807) is 12.3 Å². The van der Waals surface area contributed by atoms with Crippen LogP contribution in [0.2, 0.25) is 0 Å². The van der Waals surface area contributed by atoms with Gasteiger partial charge >= 0.3 is 5.97 Å². The highest BCUT2D eigenvalue weighted by atomic mass is 79.9. The predicted octanol–water partition coefficient (Wildman–Crippen LogP) is 1.25. The second-order valence-corrected chi connectivity index (χ2v) is 3.37. The Morgan fingerprint density at radius 3 is 3.07 bits per heavy atom. The maximum atomic E-state index is 10.2. The highest BCUT2D eigenvalue weighted by Gasteiger charge is 1.97. The van der Waals surface area contributed by atoms with E-state index in [-0.39, 0.29) is 6.42 Å². The number of aliphatic carboxylic acids is 1. The second kappa shape index (κ2) is 4.63. The number of nitrogen functional groups attached to an aromatic ring is 1. The van der Waals surface area contributed by atoms with Gasteiger partial charge in [0.25, 0.3) is 0 Å². The van der Waals surface area contributed by atoms with Crippen LogP contribution in [0, 0.1) is 11.8 Å². The fourth-order valence-corrected chi connectivity index (χ4v) is 1.10. The Hall–Kier alpha value is -1.54. The van der Waals surface area contributed by atoms with Gasteiger partial charge in [-0.25, -0.2) is 4.98 Å². The van der Waals surface area contributed by atoms with Gasteiger partial charge < -0.3 is 10.8 Å². The topological polar surface area (TPSA) is 76.2 Å². The van der Waals surface area contributed by atoms with Gasteiger partial charge in [-0.2, -0.15) is 0 Å². The van der Waals surface area contributed by atoms with Crippen molar-refractivity contribution < 1.29 is 9.90 Å². The van der Waals surface area contributed by atoms with Crippen LogP contribution in [0.3, 0.4) is 0 Å². The van der Waals surface area contributed by atoms with Crippen molar-refractivity contribution in [2.45, 2.75) is 6.42 Å². The summed E-state index contributed by atoms with van der Waals surface area (Å²) in [6, 6.07) is 1.69. The smallest absolute Gasteiger partial charge is 0.315 e. The highest BCUT2D eigenvalue weighted by Crippen LogP contribution is 2.13. The van der Waals surface area contributed by atoms with E-state index in [0.29, 0.717) is 11.4 Å². The molecule has 4 nitrogen and oxygen atoms in total. The van der Waals surface area contributed by atoms with Crippen LogP contribution in [0.4, 0.5) is 5.82 Å². The standard InChI is InChI=1S/C9H7BrN2O2/c10-7-4-6(9(11)12-5-7)2-1-3-8(13)14/h4-5H,3H2,(H2,11,12)(H,13,14). The van der Waals surface area contributed by atoms with Gasteiger partial charge in [-0.15, -0.1) is 0 Å². The van der Waals surface area contributed by atoms with Crippen molar-refractivity contribution >= 4 is 27.7 Å². The number of nitrogens with zero attached hydrogens (tertiary/aromatic N) is 1. The van der Waals surface area contributed by atoms with Crippen LogP contribution in [0.5, 0.6) is 0 Å². The number of carboxylic acid groups (broad SMARTS) is 1. The Morgan fingerprint density at radius 2 is 2.43 bits per heavy atom. The molecule has 0 saturated heterocycles. The van der Waals surface area contributed by atoms with Gasteiger partial charge in [0, 0.05) is 10.7 Å². The van der Waals surface area contributed by atoms with E-state index in [1.165, 1.54) is 0 Å². The molecule has 3 N–H and O–H groups in total. The first-order valence-corrected chi connectivity index (χ1v) is 4.50. The number of hydrogen-bond donors (Lipinski definition) is 2. The SMILES string of the molecule is Nc1ncc(Br)cc1C#CCC(=O)O. The number of pyridine rings is 1. The normalized spacial score (nSPS) is 8.93. The van der Waals surface area contributed by atoms with Gasteiger partial charge in [0.05, 0.1) is 5.56 Å². The van der Waals surface area contributed by atoms with E-state index in [0.717, 1.165) is 4.47 Å². The number of anilines is 1. The summed E-state index contributed by atoms with van der Waals surface area (Å²) in [6.45, 7) is 0. The van der Waals surface area contributed by atoms with Crippen LogP contribution >= 0.6 is 15.9 Å². The number of rotatable bonds is 1. The van der Waals surface area contributed by atoms with E-state index >= 15 is 0 Å². The van der Waals surface area contributed by atoms with Crippen LogP contribution in [0.25, 0.3) is 0 Å². The molecule has 0 atom stereocenters. The van der Waals surface area contributed by atoms with Crippen molar-refractivity contribution in [2.75, 3.05) is 5.73 Å². The van der Waals surface area contributed by atoms with Gasteiger partial charge in [-0.3, -0.25) is 4.79 Å². The molecule has 1 rings (SSSR count). The Morgan fingerprint density at radius 1 is 1.71 bits per heavy atom. The van der Waals surface area contributed by atoms with E-state index in [4.69, 9.17) is 10.8 Å². The first-order chi connectivity index (χ1) is 6.59. The third-order valence-corrected chi connectivity index (χ3v) is 1.78. The van der Waals surface area contributed by atoms with Crippen molar-refractivity contribution in [2.24, 2.45) is 0 Å². The van der Waals surface area contributed by atoms with E-state index < -0.39 is 5.97 Å². The summed E-state index contributed by atoms with van der Waals surface area (Å²) in [4.78, 5) is 14.0. The molecule has 0 aromatic carbocycles. The number of nitrogens with two attached hydrogens (primary N) is 1. The molecule has 0 saturated carbocycles. The van der Waals surface area contributed by atoms with Gasteiger partial charge in [0.15, 0.2) is 0 Å². The molecule has 0 amide bonds. The quantitative estimate of drug-likeness (QED) is 0.740. The predicted molar refractivity (Wildman–Crippen MR) is 55.5 cm³/mol. The molecule has 0 unspecified atom stereocenters. The molecule has 5 heteroatoms. The fourth-order valence-electron chi connectivity index (χ4n) is 0.765. The zero-order valence-corrected chi connectivity index (χ0v) is 8.71. The van der Waals surface area contributed by atoms with Crippen molar-refractivity contribution in [1.82, 2.24) is 4.98 Å². The highest BCUT2D eigenvalue weighted by molar-refractivity contribution is 9.10. The number of carboxylic acids is 1. The van der Waals surface area contributed by atoms with Crippen LogP contribution in [-0.4, -0.2) is 16.1 Å². The lowest BCUT2D eigenvalue weighted by atomic mass is 10.2. The minimum atomic E-state index is -0.959. The molecular weight excluding hydrogens is 248 g/mol. The number of carbonyl (C=O) groups is 1. The molecule has 1 aromatic rings. The summed E-state index contributed by atoms with van der Waals surface area (Å²) in [7, 11) is 0. The molecule has 0 spiro atoms. The van der Waals surface area contributed by atoms with Gasteiger partial charge in [-0.05, 0) is 22.0 Å². The van der Waals surface area contributed by atoms with Crippen molar-refractivity contribution in [3.05, 3.63) is 22.3 Å². The monoisotopic (exact) mass is 254 g/mol. The summed E-state index contributed by atoms with van der Waals surface area (Å²) in [5.74, 6) is 4.45. The van der Waals surface area contributed by atoms with E-state index in [9.17, 15) is 4.79 Å². The summed E-state index contributed by atoms with van der Waals surface area (Å²) in [5.41, 5.74) is 6.05. The molecule has 1 heterocycles. The molecule has 0 fully saturated rings. The van der Waals surface area contributed by atoms with E-state index in [1.807, 2.05) is 0 Å². The number of hydrogen-bond acceptors (Lipinski definition) is 3. The number of aromatic nitrogens is 1. The van der Waals surface area contributed by atoms with Crippen molar-refractivity contribution in [3.8, 4) is 11.8 Å². The Kier molecular flexibility index (Phi) is 3.48. The average Bonchev–Trinajstić information content (AvgIpc) is 2.10. The molecule has 0 aliphatic carbocycles. The van der Waals surface area contributed by atoms with Crippen LogP contribution in [0.15, 0.2) is 16.7 Å². The maximum absolute atomic E-state index is 10.2. The number of halogens is 1. The molecule has 0 aliphatic rings. The summed E-state index contributed by atoms with van der Waals surface area (Å²) in [5, 5.41) is 8.36. The molecular formula is C9H7BrN2O2. The van der Waals surface area contributed by atoms with Crippen LogP contribution in [0.1, 0.15) is 12.0 Å². The Labute approximate surface area is 89.3 Å². The molecule has 0 radical (unpaired) electrons. The maximum Gasteiger partial charge on any atom is 0.315 e. The lowest BCUT2D eigenvalue weighted by Gasteiger charge is -1.96. The summed E-state index contributed by atoms with van der Waals surface area (Å²) < 4.78 is 0.756. The fraction of sp³-hybridized carbons (Fsp3) is 0.111. The summed E-state index contributed by atoms with van der Waals surface area (Å²) >= 11 is 3.21. The zero-order valence-electron chi connectivity index (χ0n) is 7.12. The Balaban J connectivity index is 2.88. The third kappa shape index (κ3) is 3.07. The van der Waals surface area contributed by atoms with Crippen molar-refractivity contribution in [3.63, 3.8) is 0 Å². The summed E-state index contributed by atoms with van der Waals surface area (Å²) in [6.07, 6.45) is 1.35. The van der Waals surface area contributed by atoms with Gasteiger partial charge in [-0.1, -0.05) is 11.8 Å². The van der Waals surface area contributed by atoms with E-state index in [2.05, 4.69) is 32.8 Å². The minimum Gasteiger partial charge on any atom is -0.481 e. The molecule has 1 aromatic heterocycles. The lowest BCUT2D eigenvalue weighted by Crippen LogP contribution is -1.94. The largest absolute Gasteiger partial charge is 0.481 e. The van der Waals surface area contributed by atoms with Crippen LogP contribution < -0.4 is 5.73 Å². The Bertz CT molecular complexity index is 421. The lowest BCUT2D eigenvalue weighted by molar-refractivity contribution is -0.135. The van der Waals surface area contributed by atoms with Crippen LogP contribution in [-0.2, 0) is 4.79 Å². The second-order valence-electron chi connectivity index (χ2n) is 2.46. The third-order valence-electron chi connectivity index (χ3n) is 1.35. The van der Waals surface area contributed by atoms with Gasteiger partial charge in [0.1, 0.15) is 12.2 Å². The van der Waals surface area contributed by atoms with Crippen molar-refractivity contribution in [1.29, 1.82) is 0 Å². The molecule has 14 heavy (non-hydrogen) atoms. The molecule has 0 bridgehead atoms.